The molecule has 0 spiro atoms. The molecule has 0 aromatic heterocycles. The number of sulfonamides is 1. The fraction of sp³-hybridized carbons (Fsp3) is 0.364. The Morgan fingerprint density at radius 3 is 2.71 bits per heavy atom. The van der Waals surface area contributed by atoms with E-state index in [0.717, 1.165) is 6.42 Å². The van der Waals surface area contributed by atoms with Crippen molar-refractivity contribution in [3.8, 4) is 0 Å². The monoisotopic (exact) mass is 254 g/mol. The number of hydrogen-bond acceptors (Lipinski definition) is 3. The quantitative estimate of drug-likeness (QED) is 0.844. The molecule has 1 amide bonds. The third kappa shape index (κ3) is 2.41. The number of nitrogens with two attached hydrogens (primary N) is 1. The van der Waals surface area contributed by atoms with Gasteiger partial charge in [0.15, 0.2) is 0 Å². The molecule has 1 aliphatic rings. The van der Waals surface area contributed by atoms with E-state index >= 15 is 0 Å². The van der Waals surface area contributed by atoms with Crippen LogP contribution in [0.15, 0.2) is 24.3 Å². The van der Waals surface area contributed by atoms with Crippen LogP contribution in [-0.4, -0.2) is 26.6 Å². The molecule has 2 N–H and O–H groups in total. The maximum Gasteiger partial charge on any atom is 0.248 e. The Bertz CT molecular complexity index is 539. The number of carbonyl (C=O) groups is 1. The van der Waals surface area contributed by atoms with Crippen LogP contribution in [0.5, 0.6) is 0 Å². The first-order valence-electron chi connectivity index (χ1n) is 5.41. The Labute approximate surface area is 100 Å². The van der Waals surface area contributed by atoms with E-state index in [1.807, 2.05) is 0 Å². The fourth-order valence-corrected chi connectivity index (χ4v) is 3.52. The van der Waals surface area contributed by atoms with E-state index in [-0.39, 0.29) is 5.75 Å². The molecule has 0 bridgehead atoms. The minimum atomic E-state index is -3.24. The van der Waals surface area contributed by atoms with E-state index in [2.05, 4.69) is 0 Å². The van der Waals surface area contributed by atoms with Crippen molar-refractivity contribution in [1.82, 2.24) is 0 Å². The van der Waals surface area contributed by atoms with Crippen LogP contribution >= 0.6 is 0 Å². The molecule has 92 valence electrons. The molecule has 0 atom stereocenters. The molecule has 0 aliphatic carbocycles. The number of hydrogen-bond donors (Lipinski definition) is 1. The van der Waals surface area contributed by atoms with Crippen molar-refractivity contribution in [2.24, 2.45) is 5.73 Å². The summed E-state index contributed by atoms with van der Waals surface area (Å²) in [6.45, 7) is 0.463. The number of rotatable bonds is 2. The van der Waals surface area contributed by atoms with Crippen LogP contribution in [-0.2, 0) is 10.0 Å². The predicted octanol–water partition coefficient (Wildman–Crippen LogP) is 0.715. The molecule has 1 fully saturated rings. The van der Waals surface area contributed by atoms with E-state index < -0.39 is 15.9 Å². The first kappa shape index (κ1) is 11.9. The van der Waals surface area contributed by atoms with Gasteiger partial charge in [-0.2, -0.15) is 0 Å². The molecule has 1 heterocycles. The molecule has 0 saturated carbocycles. The van der Waals surface area contributed by atoms with Gasteiger partial charge in [-0.25, -0.2) is 8.42 Å². The van der Waals surface area contributed by atoms with Gasteiger partial charge in [-0.05, 0) is 31.0 Å². The van der Waals surface area contributed by atoms with Crippen molar-refractivity contribution in [1.29, 1.82) is 0 Å². The maximum atomic E-state index is 11.9. The SMILES string of the molecule is NC(=O)c1cccc(N2CCCCS2(=O)=O)c1. The van der Waals surface area contributed by atoms with Crippen molar-refractivity contribution in [3.63, 3.8) is 0 Å². The average Bonchev–Trinajstić information content (AvgIpc) is 2.28. The fourth-order valence-electron chi connectivity index (χ4n) is 1.89. The van der Waals surface area contributed by atoms with Crippen molar-refractivity contribution in [3.05, 3.63) is 29.8 Å². The second kappa shape index (κ2) is 4.37. The highest BCUT2D eigenvalue weighted by atomic mass is 32.2. The maximum absolute atomic E-state index is 11.9. The van der Waals surface area contributed by atoms with E-state index in [1.54, 1.807) is 18.2 Å². The van der Waals surface area contributed by atoms with Gasteiger partial charge in [-0.1, -0.05) is 6.07 Å². The van der Waals surface area contributed by atoms with Crippen molar-refractivity contribution >= 4 is 21.6 Å². The van der Waals surface area contributed by atoms with Gasteiger partial charge in [0.25, 0.3) is 0 Å². The zero-order valence-electron chi connectivity index (χ0n) is 9.30. The number of benzene rings is 1. The van der Waals surface area contributed by atoms with Gasteiger partial charge in [0.2, 0.25) is 15.9 Å². The Kier molecular flexibility index (Phi) is 3.06. The van der Waals surface area contributed by atoms with Crippen LogP contribution in [0.1, 0.15) is 23.2 Å². The third-order valence-electron chi connectivity index (χ3n) is 2.77. The molecule has 1 saturated heterocycles. The molecular formula is C11H14N2O3S. The molecule has 6 heteroatoms. The minimum Gasteiger partial charge on any atom is -0.366 e. The molecule has 1 aromatic carbocycles. The first-order chi connectivity index (χ1) is 8.00. The summed E-state index contributed by atoms with van der Waals surface area (Å²) in [5.41, 5.74) is 6.01. The summed E-state index contributed by atoms with van der Waals surface area (Å²) < 4.78 is 25.1. The summed E-state index contributed by atoms with van der Waals surface area (Å²) in [5, 5.41) is 0. The van der Waals surface area contributed by atoms with Crippen LogP contribution in [0.25, 0.3) is 0 Å². The number of primary amides is 1. The summed E-state index contributed by atoms with van der Waals surface area (Å²) in [6, 6.07) is 6.41. The van der Waals surface area contributed by atoms with Gasteiger partial charge >= 0.3 is 0 Å². The van der Waals surface area contributed by atoms with Crippen LogP contribution in [0.3, 0.4) is 0 Å². The Morgan fingerprint density at radius 2 is 2.06 bits per heavy atom. The highest BCUT2D eigenvalue weighted by Crippen LogP contribution is 2.24. The number of carbonyl (C=O) groups excluding carboxylic acids is 1. The summed E-state index contributed by atoms with van der Waals surface area (Å²) in [6.07, 6.45) is 1.52. The minimum absolute atomic E-state index is 0.161. The molecular weight excluding hydrogens is 240 g/mol. The van der Waals surface area contributed by atoms with E-state index in [4.69, 9.17) is 5.73 Å². The second-order valence-electron chi connectivity index (χ2n) is 4.01. The lowest BCUT2D eigenvalue weighted by Gasteiger charge is -2.28. The Hall–Kier alpha value is -1.56. The van der Waals surface area contributed by atoms with E-state index in [0.29, 0.717) is 24.2 Å². The number of nitrogens with zero attached hydrogens (tertiary/aromatic N) is 1. The highest BCUT2D eigenvalue weighted by molar-refractivity contribution is 7.92. The molecule has 5 nitrogen and oxygen atoms in total. The van der Waals surface area contributed by atoms with Gasteiger partial charge in [-0.3, -0.25) is 9.10 Å². The largest absolute Gasteiger partial charge is 0.366 e. The van der Waals surface area contributed by atoms with Crippen molar-refractivity contribution in [2.75, 3.05) is 16.6 Å². The van der Waals surface area contributed by atoms with E-state index in [1.165, 1.54) is 10.4 Å². The first-order valence-corrected chi connectivity index (χ1v) is 7.02. The molecule has 2 rings (SSSR count). The molecule has 0 radical (unpaired) electrons. The third-order valence-corrected chi connectivity index (χ3v) is 4.64. The highest BCUT2D eigenvalue weighted by Gasteiger charge is 2.26. The average molecular weight is 254 g/mol. The standard InChI is InChI=1S/C11H14N2O3S/c12-11(14)9-4-3-5-10(8-9)13-6-1-2-7-17(13,15)16/h3-5,8H,1-2,6-7H2,(H2,12,14). The lowest BCUT2D eigenvalue weighted by Crippen LogP contribution is -2.37. The Balaban J connectivity index is 2.39. The van der Waals surface area contributed by atoms with Crippen molar-refractivity contribution < 1.29 is 13.2 Å². The van der Waals surface area contributed by atoms with Gasteiger partial charge in [-0.15, -0.1) is 0 Å². The van der Waals surface area contributed by atoms with Gasteiger partial charge < -0.3 is 5.73 Å². The van der Waals surface area contributed by atoms with E-state index in [9.17, 15) is 13.2 Å². The summed E-state index contributed by atoms with van der Waals surface area (Å²) in [5.74, 6) is -0.394. The van der Waals surface area contributed by atoms with Crippen LogP contribution in [0, 0.1) is 0 Å². The zero-order valence-corrected chi connectivity index (χ0v) is 10.1. The summed E-state index contributed by atoms with van der Waals surface area (Å²) in [4.78, 5) is 11.1. The molecule has 17 heavy (non-hydrogen) atoms. The summed E-state index contributed by atoms with van der Waals surface area (Å²) >= 11 is 0. The van der Waals surface area contributed by atoms with Gasteiger partial charge in [0, 0.05) is 12.1 Å². The normalized spacial score (nSPS) is 18.9. The predicted molar refractivity (Wildman–Crippen MR) is 65.3 cm³/mol. The van der Waals surface area contributed by atoms with Crippen LogP contribution < -0.4 is 10.0 Å². The van der Waals surface area contributed by atoms with Gasteiger partial charge in [0.1, 0.15) is 0 Å². The zero-order chi connectivity index (χ0) is 12.5. The lowest BCUT2D eigenvalue weighted by atomic mass is 10.2. The smallest absolute Gasteiger partial charge is 0.248 e. The summed E-state index contributed by atoms with van der Waals surface area (Å²) in [7, 11) is -3.24. The molecule has 1 aromatic rings. The van der Waals surface area contributed by atoms with Gasteiger partial charge in [0.05, 0.1) is 11.4 Å². The second-order valence-corrected chi connectivity index (χ2v) is 6.02. The number of anilines is 1. The van der Waals surface area contributed by atoms with Crippen LogP contribution in [0.2, 0.25) is 0 Å². The molecule has 1 aliphatic heterocycles. The Morgan fingerprint density at radius 1 is 1.29 bits per heavy atom. The number of amides is 1. The molecule has 0 unspecified atom stereocenters. The topological polar surface area (TPSA) is 80.5 Å². The van der Waals surface area contributed by atoms with Crippen molar-refractivity contribution in [2.45, 2.75) is 12.8 Å². The lowest BCUT2D eigenvalue weighted by molar-refractivity contribution is 0.100. The van der Waals surface area contributed by atoms with Crippen LogP contribution in [0.4, 0.5) is 5.69 Å².